The Labute approximate surface area is 139 Å². The van der Waals surface area contributed by atoms with Crippen LogP contribution in [0.5, 0.6) is 0 Å². The Morgan fingerprint density at radius 1 is 1.09 bits per heavy atom. The van der Waals surface area contributed by atoms with Gasteiger partial charge in [0.15, 0.2) is 0 Å². The zero-order valence-electron chi connectivity index (χ0n) is 14.2. The lowest BCUT2D eigenvalue weighted by atomic mass is 10.1. The highest BCUT2D eigenvalue weighted by atomic mass is 15.2. The molecule has 1 N–H and O–H groups in total. The van der Waals surface area contributed by atoms with Gasteiger partial charge >= 0.3 is 0 Å². The summed E-state index contributed by atoms with van der Waals surface area (Å²) in [7, 11) is 2.05. The predicted octanol–water partition coefficient (Wildman–Crippen LogP) is 3.03. The minimum atomic E-state index is 0.561. The lowest BCUT2D eigenvalue weighted by Gasteiger charge is -2.39. The van der Waals surface area contributed by atoms with Crippen LogP contribution in [0.2, 0.25) is 0 Å². The Balaban J connectivity index is 1.69. The van der Waals surface area contributed by atoms with Crippen molar-refractivity contribution in [1.82, 2.24) is 15.2 Å². The van der Waals surface area contributed by atoms with Gasteiger partial charge in [-0.3, -0.25) is 4.90 Å². The van der Waals surface area contributed by atoms with E-state index in [4.69, 9.17) is 0 Å². The van der Waals surface area contributed by atoms with E-state index in [2.05, 4.69) is 65.3 Å². The van der Waals surface area contributed by atoms with Gasteiger partial charge in [-0.15, -0.1) is 0 Å². The molecule has 122 valence electrons. The van der Waals surface area contributed by atoms with Gasteiger partial charge in [-0.25, -0.2) is 4.98 Å². The first-order valence-electron chi connectivity index (χ1n) is 8.35. The molecule has 0 aliphatic carbocycles. The summed E-state index contributed by atoms with van der Waals surface area (Å²) >= 11 is 0. The average Bonchev–Trinajstić information content (AvgIpc) is 2.59. The molecule has 2 atom stereocenters. The first kappa shape index (κ1) is 16.0. The Bertz CT molecular complexity index is 601. The molecule has 2 heterocycles. The number of pyridine rings is 1. The van der Waals surface area contributed by atoms with Crippen molar-refractivity contribution in [1.29, 1.82) is 0 Å². The summed E-state index contributed by atoms with van der Waals surface area (Å²) in [6, 6.07) is 15.8. The Morgan fingerprint density at radius 3 is 2.39 bits per heavy atom. The smallest absolute Gasteiger partial charge is 0.132 e. The van der Waals surface area contributed by atoms with E-state index in [1.54, 1.807) is 0 Å². The zero-order chi connectivity index (χ0) is 16.2. The van der Waals surface area contributed by atoms with Crippen molar-refractivity contribution in [2.45, 2.75) is 32.5 Å². The molecule has 0 bridgehead atoms. The molecule has 1 fully saturated rings. The lowest BCUT2D eigenvalue weighted by molar-refractivity contribution is 0.108. The number of hydrogen-bond acceptors (Lipinski definition) is 4. The van der Waals surface area contributed by atoms with Gasteiger partial charge in [0.2, 0.25) is 0 Å². The molecule has 23 heavy (non-hydrogen) atoms. The zero-order valence-corrected chi connectivity index (χ0v) is 14.2. The second-order valence-corrected chi connectivity index (χ2v) is 6.45. The fourth-order valence-corrected chi connectivity index (χ4v) is 3.19. The molecule has 4 heteroatoms. The molecule has 0 spiro atoms. The third-order valence-electron chi connectivity index (χ3n) is 4.67. The van der Waals surface area contributed by atoms with Crippen LogP contribution in [-0.2, 0) is 6.54 Å². The van der Waals surface area contributed by atoms with Crippen LogP contribution in [-0.4, -0.2) is 42.1 Å². The average molecular weight is 310 g/mol. The topological polar surface area (TPSA) is 31.4 Å². The van der Waals surface area contributed by atoms with E-state index in [0.717, 1.165) is 31.1 Å². The van der Waals surface area contributed by atoms with Gasteiger partial charge in [0.05, 0.1) is 0 Å². The van der Waals surface area contributed by atoms with Crippen LogP contribution in [0.3, 0.4) is 0 Å². The quantitative estimate of drug-likeness (QED) is 0.940. The van der Waals surface area contributed by atoms with Crippen LogP contribution in [0.25, 0.3) is 0 Å². The fraction of sp³-hybridized carbons (Fsp3) is 0.421. The van der Waals surface area contributed by atoms with E-state index in [1.165, 1.54) is 5.56 Å². The van der Waals surface area contributed by atoms with Crippen molar-refractivity contribution in [2.24, 2.45) is 0 Å². The maximum atomic E-state index is 4.65. The second kappa shape index (κ2) is 7.11. The number of para-hydroxylation sites is 1. The first-order valence-corrected chi connectivity index (χ1v) is 8.35. The van der Waals surface area contributed by atoms with Crippen LogP contribution < -0.4 is 10.2 Å². The van der Waals surface area contributed by atoms with E-state index >= 15 is 0 Å². The van der Waals surface area contributed by atoms with Gasteiger partial charge in [-0.2, -0.15) is 0 Å². The van der Waals surface area contributed by atoms with Crippen molar-refractivity contribution < 1.29 is 0 Å². The van der Waals surface area contributed by atoms with Crippen molar-refractivity contribution in [3.63, 3.8) is 0 Å². The number of benzene rings is 1. The Morgan fingerprint density at radius 2 is 1.78 bits per heavy atom. The van der Waals surface area contributed by atoms with Gasteiger partial charge in [0.25, 0.3) is 0 Å². The summed E-state index contributed by atoms with van der Waals surface area (Å²) in [5, 5.41) is 3.48. The number of nitrogens with one attached hydrogen (secondary N) is 1. The van der Waals surface area contributed by atoms with E-state index in [9.17, 15) is 0 Å². The molecule has 0 unspecified atom stereocenters. The molecule has 0 saturated carbocycles. The summed E-state index contributed by atoms with van der Waals surface area (Å²) in [6.07, 6.45) is 2.01. The lowest BCUT2D eigenvalue weighted by Crippen LogP contribution is -2.54. The van der Waals surface area contributed by atoms with E-state index < -0.39 is 0 Å². The summed E-state index contributed by atoms with van der Waals surface area (Å²) in [5.74, 6) is 0.973. The van der Waals surface area contributed by atoms with Crippen molar-refractivity contribution in [2.75, 3.05) is 25.0 Å². The number of piperazine rings is 1. The van der Waals surface area contributed by atoms with Crippen LogP contribution in [0, 0.1) is 0 Å². The maximum absolute atomic E-state index is 4.65. The first-order chi connectivity index (χ1) is 11.1. The van der Waals surface area contributed by atoms with Crippen LogP contribution in [0.4, 0.5) is 11.5 Å². The van der Waals surface area contributed by atoms with Crippen molar-refractivity contribution >= 4 is 11.5 Å². The Hall–Kier alpha value is -1.91. The molecule has 0 amide bonds. The largest absolute Gasteiger partial charge is 0.329 e. The highest BCUT2D eigenvalue weighted by Crippen LogP contribution is 2.22. The fourth-order valence-electron chi connectivity index (χ4n) is 3.19. The molecule has 4 nitrogen and oxygen atoms in total. The van der Waals surface area contributed by atoms with Gasteiger partial charge in [-0.05, 0) is 37.6 Å². The minimum absolute atomic E-state index is 0.561. The molecule has 3 rings (SSSR count). The normalized spacial score (nSPS) is 22.0. The maximum Gasteiger partial charge on any atom is 0.132 e. The molecule has 1 aromatic carbocycles. The molecule has 1 aliphatic rings. The van der Waals surface area contributed by atoms with Crippen LogP contribution in [0.15, 0.2) is 48.7 Å². The standard InChI is InChI=1S/C19H26N4/c1-15-11-20-12-16(2)23(15)14-17-9-10-19(21-13-17)22(3)18-7-5-4-6-8-18/h4-10,13,15-16,20H,11-12,14H2,1-3H3/t15-,16+. The van der Waals surface area contributed by atoms with E-state index in [1.807, 2.05) is 24.4 Å². The third-order valence-corrected chi connectivity index (χ3v) is 4.67. The SMILES string of the molecule is C[C@@H]1CNC[C@H](C)N1Cc1ccc(N(C)c2ccccc2)nc1. The third kappa shape index (κ3) is 3.71. The number of nitrogens with zero attached hydrogens (tertiary/aromatic N) is 3. The molecule has 0 radical (unpaired) electrons. The molecular formula is C19H26N4. The summed E-state index contributed by atoms with van der Waals surface area (Å²) in [6.45, 7) is 7.66. The number of anilines is 2. The van der Waals surface area contributed by atoms with Crippen molar-refractivity contribution in [3.8, 4) is 0 Å². The van der Waals surface area contributed by atoms with Gasteiger partial charge < -0.3 is 10.2 Å². The number of hydrogen-bond donors (Lipinski definition) is 1. The van der Waals surface area contributed by atoms with Crippen LogP contribution in [0.1, 0.15) is 19.4 Å². The minimum Gasteiger partial charge on any atom is -0.329 e. The van der Waals surface area contributed by atoms with Gasteiger partial charge in [0, 0.05) is 50.6 Å². The Kier molecular flexibility index (Phi) is 4.94. The summed E-state index contributed by atoms with van der Waals surface area (Å²) in [5.41, 5.74) is 2.42. The molecule has 1 saturated heterocycles. The summed E-state index contributed by atoms with van der Waals surface area (Å²) < 4.78 is 0. The highest BCUT2D eigenvalue weighted by Gasteiger charge is 2.24. The molecular weight excluding hydrogens is 284 g/mol. The molecule has 2 aromatic rings. The second-order valence-electron chi connectivity index (χ2n) is 6.45. The van der Waals surface area contributed by atoms with Gasteiger partial charge in [-0.1, -0.05) is 24.3 Å². The van der Waals surface area contributed by atoms with Crippen LogP contribution >= 0.6 is 0 Å². The van der Waals surface area contributed by atoms with E-state index in [0.29, 0.717) is 12.1 Å². The number of aromatic nitrogens is 1. The predicted molar refractivity (Wildman–Crippen MR) is 96.1 cm³/mol. The summed E-state index contributed by atoms with van der Waals surface area (Å²) in [4.78, 5) is 9.31. The number of rotatable bonds is 4. The van der Waals surface area contributed by atoms with Gasteiger partial charge in [0.1, 0.15) is 5.82 Å². The highest BCUT2D eigenvalue weighted by molar-refractivity contribution is 5.58. The van der Waals surface area contributed by atoms with E-state index in [-0.39, 0.29) is 0 Å². The van der Waals surface area contributed by atoms with Crippen molar-refractivity contribution in [3.05, 3.63) is 54.2 Å². The monoisotopic (exact) mass is 310 g/mol. The molecule has 1 aromatic heterocycles. The molecule has 1 aliphatic heterocycles.